The summed E-state index contributed by atoms with van der Waals surface area (Å²) in [6.45, 7) is 2.23. The SMILES string of the molecule is CCCc1ccc(-c2cccc(-c3ccc(-n4c5ccccc5c5c6c7ccccc7n(-c7ccc(-c8cccc(-c9ccccc9)c8)cc7)c6ccc54)cc3)c2)cc1. The molecule has 0 saturated heterocycles. The van der Waals surface area contributed by atoms with Crippen molar-refractivity contribution >= 4 is 43.6 Å². The van der Waals surface area contributed by atoms with Crippen molar-refractivity contribution in [1.29, 1.82) is 0 Å². The molecule has 0 amide bonds. The molecule has 0 spiro atoms. The lowest BCUT2D eigenvalue weighted by Crippen LogP contribution is -1.95. The van der Waals surface area contributed by atoms with Crippen LogP contribution in [0, 0.1) is 0 Å². The van der Waals surface area contributed by atoms with Crippen LogP contribution >= 0.6 is 0 Å². The van der Waals surface area contributed by atoms with Gasteiger partial charge in [-0.15, -0.1) is 0 Å². The first kappa shape index (κ1) is 34.8. The Balaban J connectivity index is 0.997. The number of benzene rings is 9. The van der Waals surface area contributed by atoms with Crippen molar-refractivity contribution in [2.75, 3.05) is 0 Å². The van der Waals surface area contributed by atoms with Gasteiger partial charge in [0, 0.05) is 32.9 Å². The molecule has 0 bridgehead atoms. The summed E-state index contributed by atoms with van der Waals surface area (Å²) >= 11 is 0. The lowest BCUT2D eigenvalue weighted by atomic mass is 9.98. The lowest BCUT2D eigenvalue weighted by Gasteiger charge is -2.11. The van der Waals surface area contributed by atoms with Crippen LogP contribution in [0.1, 0.15) is 18.9 Å². The molecule has 2 heteroatoms. The molecule has 0 radical (unpaired) electrons. The van der Waals surface area contributed by atoms with Crippen molar-refractivity contribution in [2.45, 2.75) is 19.8 Å². The second-order valence-corrected chi connectivity index (χ2v) is 15.6. The van der Waals surface area contributed by atoms with Crippen LogP contribution in [-0.4, -0.2) is 9.13 Å². The first-order valence-electron chi connectivity index (χ1n) is 20.7. The highest BCUT2D eigenvalue weighted by atomic mass is 15.0. The molecule has 0 aliphatic heterocycles. The Kier molecular flexibility index (Phi) is 8.56. The van der Waals surface area contributed by atoms with Crippen LogP contribution in [-0.2, 0) is 6.42 Å². The maximum atomic E-state index is 2.44. The lowest BCUT2D eigenvalue weighted by molar-refractivity contribution is 0.922. The predicted octanol–water partition coefficient (Wildman–Crippen LogP) is 15.5. The third-order valence-electron chi connectivity index (χ3n) is 12.0. The van der Waals surface area contributed by atoms with Gasteiger partial charge in [-0.2, -0.15) is 0 Å². The average Bonchev–Trinajstić information content (AvgIpc) is 3.83. The van der Waals surface area contributed by atoms with Gasteiger partial charge in [-0.1, -0.05) is 165 Å². The van der Waals surface area contributed by atoms with Gasteiger partial charge in [-0.3, -0.25) is 0 Å². The summed E-state index contributed by atoms with van der Waals surface area (Å²) in [7, 11) is 0. The fraction of sp³-hybridized carbons (Fsp3) is 0.0526. The number of hydrogen-bond donors (Lipinski definition) is 0. The fourth-order valence-electron chi connectivity index (χ4n) is 9.22. The number of para-hydroxylation sites is 2. The van der Waals surface area contributed by atoms with E-state index in [0.717, 1.165) is 24.2 Å². The monoisotopic (exact) mass is 754 g/mol. The maximum absolute atomic E-state index is 2.44. The van der Waals surface area contributed by atoms with E-state index in [0.29, 0.717) is 0 Å². The molecule has 11 rings (SSSR count). The van der Waals surface area contributed by atoms with Gasteiger partial charge in [-0.25, -0.2) is 0 Å². The highest BCUT2D eigenvalue weighted by Gasteiger charge is 2.20. The number of nitrogens with zero attached hydrogens (tertiary/aromatic N) is 2. The average molecular weight is 755 g/mol. The number of rotatable bonds is 8. The van der Waals surface area contributed by atoms with Crippen molar-refractivity contribution in [2.24, 2.45) is 0 Å². The summed E-state index contributed by atoms with van der Waals surface area (Å²) in [5.41, 5.74) is 18.3. The normalized spacial score (nSPS) is 11.6. The van der Waals surface area contributed by atoms with Gasteiger partial charge in [0.15, 0.2) is 0 Å². The van der Waals surface area contributed by atoms with E-state index in [1.54, 1.807) is 0 Å². The summed E-state index contributed by atoms with van der Waals surface area (Å²) in [6.07, 6.45) is 2.28. The predicted molar refractivity (Wildman–Crippen MR) is 251 cm³/mol. The highest BCUT2D eigenvalue weighted by Crippen LogP contribution is 2.43. The molecule has 2 nitrogen and oxygen atoms in total. The summed E-state index contributed by atoms with van der Waals surface area (Å²) in [6, 6.07) is 77.9. The van der Waals surface area contributed by atoms with Crippen LogP contribution < -0.4 is 0 Å². The van der Waals surface area contributed by atoms with Crippen molar-refractivity contribution in [3.63, 3.8) is 0 Å². The number of aryl methyl sites for hydroxylation is 1. The van der Waals surface area contributed by atoms with Gasteiger partial charge >= 0.3 is 0 Å². The van der Waals surface area contributed by atoms with Gasteiger partial charge in [0.25, 0.3) is 0 Å². The molecular formula is C57H42N2. The molecule has 0 fully saturated rings. The van der Waals surface area contributed by atoms with E-state index in [1.807, 2.05) is 0 Å². The minimum Gasteiger partial charge on any atom is -0.309 e. The van der Waals surface area contributed by atoms with Crippen molar-refractivity contribution in [3.8, 4) is 55.9 Å². The zero-order valence-electron chi connectivity index (χ0n) is 33.0. The van der Waals surface area contributed by atoms with Gasteiger partial charge in [0.1, 0.15) is 0 Å². The Morgan fingerprint density at radius 3 is 1.12 bits per heavy atom. The largest absolute Gasteiger partial charge is 0.309 e. The third kappa shape index (κ3) is 6.04. The first-order valence-corrected chi connectivity index (χ1v) is 20.7. The minimum atomic E-state index is 1.12. The van der Waals surface area contributed by atoms with Crippen molar-refractivity contribution in [1.82, 2.24) is 9.13 Å². The van der Waals surface area contributed by atoms with E-state index < -0.39 is 0 Å². The van der Waals surface area contributed by atoms with E-state index >= 15 is 0 Å². The van der Waals surface area contributed by atoms with Gasteiger partial charge < -0.3 is 9.13 Å². The highest BCUT2D eigenvalue weighted by molar-refractivity contribution is 6.28. The summed E-state index contributed by atoms with van der Waals surface area (Å²) in [5.74, 6) is 0. The summed E-state index contributed by atoms with van der Waals surface area (Å²) in [4.78, 5) is 0. The molecule has 9 aromatic carbocycles. The van der Waals surface area contributed by atoms with E-state index in [2.05, 4.69) is 228 Å². The molecule has 11 aromatic rings. The van der Waals surface area contributed by atoms with Crippen LogP contribution in [0.25, 0.3) is 99.5 Å². The number of fused-ring (bicyclic) bond motifs is 7. The van der Waals surface area contributed by atoms with Crippen LogP contribution in [0.2, 0.25) is 0 Å². The fourth-order valence-corrected chi connectivity index (χ4v) is 9.22. The standard InChI is InChI=1S/C57H42N2/c1-2-12-39-23-25-41(26-24-39)45-16-11-18-47(38-45)43-29-33-49(34-30-43)59-53-22-9-7-20-51(53)57-55(59)36-35-54-56(57)50-19-6-8-21-52(50)58(54)48-31-27-42(28-32-48)46-17-10-15-44(37-46)40-13-4-3-5-14-40/h3-11,13-38H,2,12H2,1H3. The van der Waals surface area contributed by atoms with Crippen LogP contribution in [0.15, 0.2) is 212 Å². The second-order valence-electron chi connectivity index (χ2n) is 15.6. The first-order chi connectivity index (χ1) is 29.2. The molecule has 0 atom stereocenters. The molecule has 59 heavy (non-hydrogen) atoms. The quantitative estimate of drug-likeness (QED) is 0.146. The smallest absolute Gasteiger partial charge is 0.0548 e. The van der Waals surface area contributed by atoms with Gasteiger partial charge in [0.05, 0.1) is 22.1 Å². The summed E-state index contributed by atoms with van der Waals surface area (Å²) < 4.78 is 4.87. The Morgan fingerprint density at radius 2 is 0.678 bits per heavy atom. The molecule has 0 saturated carbocycles. The maximum Gasteiger partial charge on any atom is 0.0548 e. The minimum absolute atomic E-state index is 1.12. The van der Waals surface area contributed by atoms with E-state index in [-0.39, 0.29) is 0 Å². The van der Waals surface area contributed by atoms with E-state index in [9.17, 15) is 0 Å². The summed E-state index contributed by atoms with van der Waals surface area (Å²) in [5, 5.41) is 5.07. The van der Waals surface area contributed by atoms with E-state index in [1.165, 1.54) is 93.7 Å². The molecule has 2 heterocycles. The molecule has 2 aromatic heterocycles. The Labute approximate surface area is 344 Å². The molecule has 0 N–H and O–H groups in total. The number of hydrogen-bond acceptors (Lipinski definition) is 0. The van der Waals surface area contributed by atoms with Crippen LogP contribution in [0.3, 0.4) is 0 Å². The second kappa shape index (κ2) is 14.5. The topological polar surface area (TPSA) is 9.86 Å². The molecule has 0 unspecified atom stereocenters. The van der Waals surface area contributed by atoms with Crippen LogP contribution in [0.5, 0.6) is 0 Å². The Bertz CT molecular complexity index is 3290. The zero-order chi connectivity index (χ0) is 39.3. The Morgan fingerprint density at radius 1 is 0.305 bits per heavy atom. The third-order valence-corrected chi connectivity index (χ3v) is 12.0. The van der Waals surface area contributed by atoms with Crippen molar-refractivity contribution in [3.05, 3.63) is 218 Å². The molecule has 0 aliphatic carbocycles. The Hall–Kier alpha value is -7.42. The van der Waals surface area contributed by atoms with Crippen LogP contribution in [0.4, 0.5) is 0 Å². The van der Waals surface area contributed by atoms with Gasteiger partial charge in [0.2, 0.25) is 0 Å². The zero-order valence-corrected chi connectivity index (χ0v) is 33.0. The van der Waals surface area contributed by atoms with Gasteiger partial charge in [-0.05, 0) is 117 Å². The molecule has 0 aliphatic rings. The van der Waals surface area contributed by atoms with E-state index in [4.69, 9.17) is 0 Å². The van der Waals surface area contributed by atoms with Crippen molar-refractivity contribution < 1.29 is 0 Å². The number of aromatic nitrogens is 2. The molecular weight excluding hydrogens is 713 g/mol. The molecule has 280 valence electrons.